The van der Waals surface area contributed by atoms with Crippen molar-refractivity contribution in [2.24, 2.45) is 0 Å². The number of rotatable bonds is 5. The zero-order valence-electron chi connectivity index (χ0n) is 23.2. The first-order chi connectivity index (χ1) is 19.6. The number of carbonyl (C=O) groups excluding carboxylic acids is 1. The molecule has 0 spiro atoms. The molecule has 41 heavy (non-hydrogen) atoms. The lowest BCUT2D eigenvalue weighted by Crippen LogP contribution is -2.46. The van der Waals surface area contributed by atoms with Crippen LogP contribution in [0.5, 0.6) is 5.75 Å². The Hall–Kier alpha value is -4.72. The summed E-state index contributed by atoms with van der Waals surface area (Å²) in [5.41, 5.74) is 1.61. The van der Waals surface area contributed by atoms with E-state index in [0.717, 1.165) is 5.82 Å². The second-order valence-electron chi connectivity index (χ2n) is 10.8. The van der Waals surface area contributed by atoms with E-state index in [-0.39, 0.29) is 17.4 Å². The summed E-state index contributed by atoms with van der Waals surface area (Å²) >= 11 is 0. The van der Waals surface area contributed by atoms with Crippen LogP contribution < -0.4 is 15.0 Å². The minimum atomic E-state index is -0.679. The zero-order chi connectivity index (χ0) is 29.3. The molecule has 0 bridgehead atoms. The maximum Gasteiger partial charge on any atom is 0.407 e. The quantitative estimate of drug-likeness (QED) is 0.333. The number of hydrogen-bond donors (Lipinski definition) is 1. The number of carbonyl (C=O) groups is 1. The van der Waals surface area contributed by atoms with Crippen LogP contribution in [0.3, 0.4) is 0 Å². The van der Waals surface area contributed by atoms with Crippen LogP contribution >= 0.6 is 0 Å². The Morgan fingerprint density at radius 2 is 1.78 bits per heavy atom. The van der Waals surface area contributed by atoms with E-state index < -0.39 is 23.3 Å². The average Bonchev–Trinajstić information content (AvgIpc) is 3.32. The van der Waals surface area contributed by atoms with Crippen LogP contribution in [0.15, 0.2) is 48.7 Å². The first kappa shape index (κ1) is 27.8. The largest absolute Gasteiger partial charge is 0.494 e. The van der Waals surface area contributed by atoms with E-state index in [1.165, 1.54) is 31.4 Å². The highest BCUT2D eigenvalue weighted by atomic mass is 19.1. The first-order valence-corrected chi connectivity index (χ1v) is 13.2. The summed E-state index contributed by atoms with van der Waals surface area (Å²) in [6.45, 7) is 6.73. The molecule has 0 aliphatic carbocycles. The van der Waals surface area contributed by atoms with E-state index in [4.69, 9.17) is 14.6 Å². The van der Waals surface area contributed by atoms with Gasteiger partial charge < -0.3 is 19.7 Å². The van der Waals surface area contributed by atoms with Crippen LogP contribution in [0.25, 0.3) is 28.0 Å². The Kier molecular flexibility index (Phi) is 7.49. The molecular weight excluding hydrogens is 530 g/mol. The number of fused-ring (bicyclic) bond motifs is 1. The van der Waals surface area contributed by atoms with E-state index in [9.17, 15) is 18.8 Å². The predicted octanol–water partition coefficient (Wildman–Crippen LogP) is 5.72. The Bertz CT molecular complexity index is 1650. The highest BCUT2D eigenvalue weighted by Crippen LogP contribution is 2.38. The lowest BCUT2D eigenvalue weighted by Gasteiger charge is -2.34. The molecular formula is C30H30F2N6O3. The number of ether oxygens (including phenoxy) is 2. The number of nitrogens with zero attached hydrogens (tertiary/aromatic N) is 5. The van der Waals surface area contributed by atoms with Gasteiger partial charge in [-0.2, -0.15) is 14.9 Å². The maximum absolute atomic E-state index is 14.8. The van der Waals surface area contributed by atoms with E-state index >= 15 is 0 Å². The van der Waals surface area contributed by atoms with E-state index in [1.54, 1.807) is 22.8 Å². The molecule has 1 aliphatic rings. The number of methoxy groups -OCH3 is 1. The van der Waals surface area contributed by atoms with Crippen LogP contribution in [0.1, 0.15) is 39.2 Å². The fraction of sp³-hybridized carbons (Fsp3) is 0.333. The predicted molar refractivity (Wildman–Crippen MR) is 150 cm³/mol. The van der Waals surface area contributed by atoms with Gasteiger partial charge in [0.1, 0.15) is 29.0 Å². The van der Waals surface area contributed by atoms with Crippen LogP contribution in [-0.4, -0.2) is 52.5 Å². The number of alkyl carbamates (subject to hydrolysis) is 1. The molecule has 2 aromatic heterocycles. The van der Waals surface area contributed by atoms with Gasteiger partial charge in [0.2, 0.25) is 0 Å². The van der Waals surface area contributed by atoms with Gasteiger partial charge in [-0.05, 0) is 69.5 Å². The number of amides is 1. The molecule has 0 saturated carbocycles. The standard InChI is InChI=1S/C30H30F2N6O3/c1-30(2,3)41-29(39)35-21-10-13-37(14-11-21)25-9-12-34-28-26(18-7-8-24(40-4)23(32)15-18)27(36-38(25)28)19-5-6-20(17-33)22(31)16-19/h5-9,12,15-16,21H,10-11,13-14H2,1-4H3,(H,35,39). The van der Waals surface area contributed by atoms with E-state index in [1.807, 2.05) is 32.9 Å². The smallest absolute Gasteiger partial charge is 0.407 e. The third-order valence-corrected chi connectivity index (χ3v) is 6.84. The van der Waals surface area contributed by atoms with Gasteiger partial charge in [-0.25, -0.2) is 18.6 Å². The normalized spacial score (nSPS) is 14.1. The van der Waals surface area contributed by atoms with Gasteiger partial charge in [0.05, 0.1) is 18.2 Å². The minimum absolute atomic E-state index is 0.0360. The molecule has 1 amide bonds. The van der Waals surface area contributed by atoms with Crippen LogP contribution in [0, 0.1) is 23.0 Å². The highest BCUT2D eigenvalue weighted by molar-refractivity contribution is 5.91. The van der Waals surface area contributed by atoms with Gasteiger partial charge in [-0.3, -0.25) is 0 Å². The van der Waals surface area contributed by atoms with Crippen molar-refractivity contribution in [2.75, 3.05) is 25.1 Å². The van der Waals surface area contributed by atoms with Crippen molar-refractivity contribution >= 4 is 17.6 Å². The van der Waals surface area contributed by atoms with Gasteiger partial charge >= 0.3 is 6.09 Å². The summed E-state index contributed by atoms with van der Waals surface area (Å²) in [5.74, 6) is -0.396. The lowest BCUT2D eigenvalue weighted by molar-refractivity contribution is 0.0497. The van der Waals surface area contributed by atoms with Gasteiger partial charge in [0.25, 0.3) is 0 Å². The molecule has 212 valence electrons. The number of anilines is 1. The molecule has 1 fully saturated rings. The summed E-state index contributed by atoms with van der Waals surface area (Å²) in [6.07, 6.45) is 2.59. The summed E-state index contributed by atoms with van der Waals surface area (Å²) < 4.78 is 41.6. The molecule has 9 nitrogen and oxygen atoms in total. The highest BCUT2D eigenvalue weighted by Gasteiger charge is 2.27. The van der Waals surface area contributed by atoms with Crippen molar-refractivity contribution in [3.05, 3.63) is 65.9 Å². The van der Waals surface area contributed by atoms with Crippen LogP contribution in [0.4, 0.5) is 19.4 Å². The number of benzene rings is 2. The molecule has 1 aliphatic heterocycles. The molecule has 3 heterocycles. The Morgan fingerprint density at radius 1 is 1.07 bits per heavy atom. The molecule has 0 atom stereocenters. The van der Waals surface area contributed by atoms with E-state index in [0.29, 0.717) is 54.0 Å². The van der Waals surface area contributed by atoms with Gasteiger partial charge in [-0.1, -0.05) is 12.1 Å². The average molecular weight is 561 g/mol. The van der Waals surface area contributed by atoms with Crippen LogP contribution in [-0.2, 0) is 4.74 Å². The third kappa shape index (κ3) is 5.77. The Balaban J connectivity index is 1.53. The molecule has 2 aromatic carbocycles. The molecule has 5 rings (SSSR count). The second kappa shape index (κ2) is 11.0. The molecule has 1 saturated heterocycles. The number of halogens is 2. The minimum Gasteiger partial charge on any atom is -0.494 e. The number of nitriles is 1. The lowest BCUT2D eigenvalue weighted by atomic mass is 10.00. The third-order valence-electron chi connectivity index (χ3n) is 6.84. The van der Waals surface area contributed by atoms with Crippen molar-refractivity contribution < 1.29 is 23.0 Å². The summed E-state index contributed by atoms with van der Waals surface area (Å²) in [4.78, 5) is 19.0. The topological polar surface area (TPSA) is 105 Å². The van der Waals surface area contributed by atoms with Gasteiger partial charge in [0.15, 0.2) is 17.2 Å². The van der Waals surface area contributed by atoms with Crippen LogP contribution in [0.2, 0.25) is 0 Å². The molecule has 1 N–H and O–H groups in total. The number of hydrogen-bond acceptors (Lipinski definition) is 7. The summed E-state index contributed by atoms with van der Waals surface area (Å²) in [7, 11) is 1.39. The van der Waals surface area contributed by atoms with Crippen molar-refractivity contribution in [1.29, 1.82) is 5.26 Å². The van der Waals surface area contributed by atoms with Crippen molar-refractivity contribution in [2.45, 2.75) is 45.3 Å². The zero-order valence-corrected chi connectivity index (χ0v) is 23.2. The van der Waals surface area contributed by atoms with Crippen molar-refractivity contribution in [1.82, 2.24) is 19.9 Å². The van der Waals surface area contributed by atoms with Crippen molar-refractivity contribution in [3.8, 4) is 34.2 Å². The number of piperidine rings is 1. The first-order valence-electron chi connectivity index (χ1n) is 13.2. The van der Waals surface area contributed by atoms with Gasteiger partial charge in [-0.15, -0.1) is 0 Å². The monoisotopic (exact) mass is 560 g/mol. The Labute approximate surface area is 236 Å². The van der Waals surface area contributed by atoms with Gasteiger partial charge in [0, 0.05) is 30.9 Å². The molecule has 0 radical (unpaired) electrons. The van der Waals surface area contributed by atoms with Crippen molar-refractivity contribution in [3.63, 3.8) is 0 Å². The molecule has 11 heteroatoms. The molecule has 0 unspecified atom stereocenters. The number of nitrogens with one attached hydrogen (secondary N) is 1. The second-order valence-corrected chi connectivity index (χ2v) is 10.8. The SMILES string of the molecule is COc1ccc(-c2c(-c3ccc(C#N)c(F)c3)nn3c(N4CCC(NC(=O)OC(C)(C)C)CC4)ccnc23)cc1F. The fourth-order valence-electron chi connectivity index (χ4n) is 4.94. The number of aromatic nitrogens is 3. The van der Waals surface area contributed by atoms with E-state index in [2.05, 4.69) is 15.2 Å². The maximum atomic E-state index is 14.8. The Morgan fingerprint density at radius 3 is 2.41 bits per heavy atom. The molecule has 4 aromatic rings. The summed E-state index contributed by atoms with van der Waals surface area (Å²) in [6, 6.07) is 12.4. The fourth-order valence-corrected chi connectivity index (χ4v) is 4.94. The summed E-state index contributed by atoms with van der Waals surface area (Å²) in [5, 5.41) is 17.0.